The quantitative estimate of drug-likeness (QED) is 0.927. The standard InChI is InChI=1S/C19H20N2O4/c1-24-16-10-5-7-14(13-16)20-18(22)17-11-6-12-21(17)19(23)25-15-8-3-2-4-9-15/h2-5,7-10,13,17H,6,11-12H2,1H3,(H,20,22)/t17-/m0/s1. The van der Waals surface area contributed by atoms with Crippen LogP contribution in [0.3, 0.4) is 0 Å². The van der Waals surface area contributed by atoms with Crippen molar-refractivity contribution in [3.8, 4) is 11.5 Å². The first-order valence-corrected chi connectivity index (χ1v) is 8.16. The average Bonchev–Trinajstić information content (AvgIpc) is 3.13. The molecule has 2 amide bonds. The van der Waals surface area contributed by atoms with Crippen LogP contribution in [-0.2, 0) is 4.79 Å². The molecule has 1 saturated heterocycles. The SMILES string of the molecule is COc1cccc(NC(=O)[C@@H]2CCCN2C(=O)Oc2ccccc2)c1. The molecule has 1 aliphatic heterocycles. The second-order valence-electron chi connectivity index (χ2n) is 5.75. The summed E-state index contributed by atoms with van der Waals surface area (Å²) in [5, 5.41) is 2.84. The number of nitrogens with one attached hydrogen (secondary N) is 1. The van der Waals surface area contributed by atoms with E-state index in [0.717, 1.165) is 6.42 Å². The third-order valence-corrected chi connectivity index (χ3v) is 4.08. The third-order valence-electron chi connectivity index (χ3n) is 4.08. The monoisotopic (exact) mass is 340 g/mol. The van der Waals surface area contributed by atoms with Gasteiger partial charge >= 0.3 is 6.09 Å². The maximum atomic E-state index is 12.6. The number of methoxy groups -OCH3 is 1. The zero-order valence-corrected chi connectivity index (χ0v) is 14.0. The van der Waals surface area contributed by atoms with Crippen molar-refractivity contribution < 1.29 is 19.1 Å². The van der Waals surface area contributed by atoms with Gasteiger partial charge in [-0.3, -0.25) is 9.69 Å². The zero-order valence-electron chi connectivity index (χ0n) is 14.0. The largest absolute Gasteiger partial charge is 0.497 e. The minimum absolute atomic E-state index is 0.226. The maximum absolute atomic E-state index is 12.6. The van der Waals surface area contributed by atoms with Crippen LogP contribution in [-0.4, -0.2) is 36.6 Å². The topological polar surface area (TPSA) is 67.9 Å². The molecule has 25 heavy (non-hydrogen) atoms. The lowest BCUT2D eigenvalue weighted by Gasteiger charge is -2.23. The van der Waals surface area contributed by atoms with E-state index in [1.807, 2.05) is 6.07 Å². The fourth-order valence-electron chi connectivity index (χ4n) is 2.83. The van der Waals surface area contributed by atoms with E-state index in [2.05, 4.69) is 5.32 Å². The number of hydrogen-bond acceptors (Lipinski definition) is 4. The Balaban J connectivity index is 1.65. The number of amides is 2. The van der Waals surface area contributed by atoms with Crippen molar-refractivity contribution in [3.63, 3.8) is 0 Å². The maximum Gasteiger partial charge on any atom is 0.415 e. The lowest BCUT2D eigenvalue weighted by Crippen LogP contribution is -2.44. The van der Waals surface area contributed by atoms with Crippen molar-refractivity contribution in [2.24, 2.45) is 0 Å². The van der Waals surface area contributed by atoms with E-state index in [1.54, 1.807) is 55.6 Å². The molecule has 0 aliphatic carbocycles. The molecule has 6 nitrogen and oxygen atoms in total. The van der Waals surface area contributed by atoms with Crippen LogP contribution in [0.4, 0.5) is 10.5 Å². The predicted octanol–water partition coefficient (Wildman–Crippen LogP) is 3.30. The second kappa shape index (κ2) is 7.70. The fourth-order valence-corrected chi connectivity index (χ4v) is 2.83. The molecule has 6 heteroatoms. The highest BCUT2D eigenvalue weighted by molar-refractivity contribution is 5.97. The smallest absolute Gasteiger partial charge is 0.415 e. The van der Waals surface area contributed by atoms with E-state index < -0.39 is 12.1 Å². The number of likely N-dealkylation sites (tertiary alicyclic amines) is 1. The van der Waals surface area contributed by atoms with Gasteiger partial charge in [0.15, 0.2) is 0 Å². The molecule has 0 unspecified atom stereocenters. The van der Waals surface area contributed by atoms with Gasteiger partial charge < -0.3 is 14.8 Å². The van der Waals surface area contributed by atoms with Gasteiger partial charge in [0.2, 0.25) is 5.91 Å². The Morgan fingerprint density at radius 3 is 2.60 bits per heavy atom. The predicted molar refractivity (Wildman–Crippen MR) is 93.8 cm³/mol. The van der Waals surface area contributed by atoms with E-state index in [-0.39, 0.29) is 5.91 Å². The molecule has 0 spiro atoms. The summed E-state index contributed by atoms with van der Waals surface area (Å²) in [5.74, 6) is 0.895. The van der Waals surface area contributed by atoms with Crippen LogP contribution in [0.2, 0.25) is 0 Å². The van der Waals surface area contributed by atoms with Gasteiger partial charge in [-0.2, -0.15) is 0 Å². The van der Waals surface area contributed by atoms with Gasteiger partial charge in [0.05, 0.1) is 7.11 Å². The first-order chi connectivity index (χ1) is 12.2. The van der Waals surface area contributed by atoms with E-state index in [9.17, 15) is 9.59 Å². The summed E-state index contributed by atoms with van der Waals surface area (Å²) in [5.41, 5.74) is 0.632. The number of nitrogens with zero attached hydrogens (tertiary/aromatic N) is 1. The molecule has 0 bridgehead atoms. The van der Waals surface area contributed by atoms with Crippen LogP contribution in [0.25, 0.3) is 0 Å². The number of anilines is 1. The van der Waals surface area contributed by atoms with Crippen LogP contribution >= 0.6 is 0 Å². The highest BCUT2D eigenvalue weighted by Crippen LogP contribution is 2.23. The molecular formula is C19H20N2O4. The number of para-hydroxylation sites is 1. The molecule has 0 saturated carbocycles. The molecule has 1 N–H and O–H groups in total. The normalized spacial score (nSPS) is 16.4. The zero-order chi connectivity index (χ0) is 17.6. The van der Waals surface area contributed by atoms with Crippen LogP contribution in [0.15, 0.2) is 54.6 Å². The second-order valence-corrected chi connectivity index (χ2v) is 5.75. The van der Waals surface area contributed by atoms with Crippen molar-refractivity contribution in [2.75, 3.05) is 19.0 Å². The van der Waals surface area contributed by atoms with Gasteiger partial charge in [-0.25, -0.2) is 4.79 Å². The van der Waals surface area contributed by atoms with Gasteiger partial charge in [0.1, 0.15) is 17.5 Å². The minimum atomic E-state index is -0.539. The van der Waals surface area contributed by atoms with Crippen LogP contribution in [0.1, 0.15) is 12.8 Å². The van der Waals surface area contributed by atoms with Crippen LogP contribution < -0.4 is 14.8 Å². The molecule has 3 rings (SSSR count). The van der Waals surface area contributed by atoms with Crippen molar-refractivity contribution in [3.05, 3.63) is 54.6 Å². The number of hydrogen-bond donors (Lipinski definition) is 1. The first-order valence-electron chi connectivity index (χ1n) is 8.16. The van der Waals surface area contributed by atoms with Crippen molar-refractivity contribution in [1.82, 2.24) is 4.90 Å². The summed E-state index contributed by atoms with van der Waals surface area (Å²) in [6.07, 6.45) is 0.870. The van der Waals surface area contributed by atoms with Crippen molar-refractivity contribution >= 4 is 17.7 Å². The Morgan fingerprint density at radius 1 is 1.08 bits per heavy atom. The summed E-state index contributed by atoms with van der Waals surface area (Å²) in [4.78, 5) is 26.4. The van der Waals surface area contributed by atoms with E-state index in [4.69, 9.17) is 9.47 Å². The highest BCUT2D eigenvalue weighted by atomic mass is 16.6. The number of rotatable bonds is 4. The molecule has 1 heterocycles. The summed E-state index contributed by atoms with van der Waals surface area (Å²) in [6, 6.07) is 15.4. The summed E-state index contributed by atoms with van der Waals surface area (Å²) < 4.78 is 10.5. The van der Waals surface area contributed by atoms with Crippen LogP contribution in [0, 0.1) is 0 Å². The van der Waals surface area contributed by atoms with Crippen LogP contribution in [0.5, 0.6) is 11.5 Å². The van der Waals surface area contributed by atoms with Gasteiger partial charge in [-0.1, -0.05) is 24.3 Å². The Bertz CT molecular complexity index is 748. The summed E-state index contributed by atoms with van der Waals surface area (Å²) in [6.45, 7) is 0.502. The highest BCUT2D eigenvalue weighted by Gasteiger charge is 2.35. The third kappa shape index (κ3) is 4.09. The van der Waals surface area contributed by atoms with Gasteiger partial charge in [-0.15, -0.1) is 0 Å². The Hall–Kier alpha value is -3.02. The molecule has 2 aromatic rings. The minimum Gasteiger partial charge on any atom is -0.497 e. The van der Waals surface area contributed by atoms with Gasteiger partial charge in [-0.05, 0) is 37.1 Å². The lowest BCUT2D eigenvalue weighted by molar-refractivity contribution is -0.119. The Labute approximate surface area is 146 Å². The number of carbonyl (C=O) groups excluding carboxylic acids is 2. The number of benzene rings is 2. The van der Waals surface area contributed by atoms with E-state index >= 15 is 0 Å². The van der Waals surface area contributed by atoms with E-state index in [1.165, 1.54) is 4.90 Å². The van der Waals surface area contributed by atoms with Crippen molar-refractivity contribution in [2.45, 2.75) is 18.9 Å². The molecular weight excluding hydrogens is 320 g/mol. The summed E-state index contributed by atoms with van der Waals surface area (Å²) >= 11 is 0. The summed E-state index contributed by atoms with van der Waals surface area (Å²) in [7, 11) is 1.57. The van der Waals surface area contributed by atoms with Gasteiger partial charge in [0.25, 0.3) is 0 Å². The lowest BCUT2D eigenvalue weighted by atomic mass is 10.2. The number of carbonyl (C=O) groups is 2. The number of ether oxygens (including phenoxy) is 2. The Morgan fingerprint density at radius 2 is 1.84 bits per heavy atom. The molecule has 1 fully saturated rings. The molecule has 0 radical (unpaired) electrons. The average molecular weight is 340 g/mol. The van der Waals surface area contributed by atoms with Crippen molar-refractivity contribution in [1.29, 1.82) is 0 Å². The van der Waals surface area contributed by atoms with Gasteiger partial charge in [0, 0.05) is 18.3 Å². The first kappa shape index (κ1) is 16.8. The molecule has 0 aromatic heterocycles. The Kier molecular flexibility index (Phi) is 5.18. The molecule has 1 atom stereocenters. The molecule has 2 aromatic carbocycles. The molecule has 130 valence electrons. The molecule has 1 aliphatic rings. The van der Waals surface area contributed by atoms with E-state index in [0.29, 0.717) is 30.2 Å². The fraction of sp³-hybridized carbons (Fsp3) is 0.263.